The Morgan fingerprint density at radius 3 is 2.00 bits per heavy atom. The smallest absolute Gasteiger partial charge is 0.220 e. The number of nitrogens with one attached hydrogen (secondary N) is 6. The molecule has 0 radical (unpaired) electrons. The number of aliphatic hydroxyl groups excluding tert-OH is 1. The van der Waals surface area contributed by atoms with Crippen molar-refractivity contribution < 1.29 is 9.90 Å². The summed E-state index contributed by atoms with van der Waals surface area (Å²) in [7, 11) is 0. The molecule has 0 heterocycles. The maximum Gasteiger partial charge on any atom is 0.220 e. The molecule has 0 aromatic heterocycles. The van der Waals surface area contributed by atoms with Crippen LogP contribution in [0.1, 0.15) is 98.8 Å². The van der Waals surface area contributed by atoms with Crippen LogP contribution in [0.25, 0.3) is 0 Å². The van der Waals surface area contributed by atoms with Gasteiger partial charge >= 0.3 is 0 Å². The zero-order valence-corrected chi connectivity index (χ0v) is 30.3. The third-order valence-corrected chi connectivity index (χ3v) is 13.2. The summed E-state index contributed by atoms with van der Waals surface area (Å²) in [6.07, 6.45) is 11.3. The van der Waals surface area contributed by atoms with Crippen molar-refractivity contribution >= 4 is 5.91 Å². The van der Waals surface area contributed by atoms with Crippen molar-refractivity contribution in [2.45, 2.75) is 117 Å². The van der Waals surface area contributed by atoms with E-state index in [0.717, 1.165) is 71.7 Å². The number of nitrogens with two attached hydrogens (primary N) is 1. The number of amides is 1. The Labute approximate surface area is 281 Å². The fraction of sp³-hybridized carbons (Fsp3) is 0.973. The van der Waals surface area contributed by atoms with Gasteiger partial charge in [0.25, 0.3) is 0 Å². The van der Waals surface area contributed by atoms with E-state index in [0.29, 0.717) is 65.3 Å². The van der Waals surface area contributed by atoms with E-state index in [4.69, 9.17) is 5.73 Å². The molecule has 9 heteroatoms. The summed E-state index contributed by atoms with van der Waals surface area (Å²) in [4.78, 5) is 12.4. The molecule has 46 heavy (non-hydrogen) atoms. The molecule has 0 aromatic carbocycles. The molecule has 0 aromatic rings. The first-order valence-corrected chi connectivity index (χ1v) is 19.3. The van der Waals surface area contributed by atoms with Gasteiger partial charge in [0.05, 0.1) is 6.10 Å². The van der Waals surface area contributed by atoms with Crippen molar-refractivity contribution in [1.82, 2.24) is 31.9 Å². The summed E-state index contributed by atoms with van der Waals surface area (Å²) in [5, 5.41) is 32.6. The van der Waals surface area contributed by atoms with E-state index in [1.165, 1.54) is 44.9 Å². The predicted molar refractivity (Wildman–Crippen MR) is 191 cm³/mol. The Morgan fingerprint density at radius 2 is 1.37 bits per heavy atom. The predicted octanol–water partition coefficient (Wildman–Crippen LogP) is 2.83. The molecule has 4 unspecified atom stereocenters. The Bertz CT molecular complexity index is 907. The molecular formula is C37H73N7O2. The summed E-state index contributed by atoms with van der Waals surface area (Å²) in [6, 6.07) is 0.786. The Hall–Kier alpha value is -0.810. The fourth-order valence-electron chi connectivity index (χ4n) is 10.8. The van der Waals surface area contributed by atoms with Gasteiger partial charge < -0.3 is 42.7 Å². The van der Waals surface area contributed by atoms with E-state index in [2.05, 4.69) is 52.7 Å². The molecule has 4 rings (SSSR count). The molecule has 4 aliphatic carbocycles. The first-order chi connectivity index (χ1) is 22.1. The Balaban J connectivity index is 1.16. The first kappa shape index (κ1) is 38.0. The van der Waals surface area contributed by atoms with Gasteiger partial charge in [0.2, 0.25) is 5.91 Å². The highest BCUT2D eigenvalue weighted by atomic mass is 16.3. The third kappa shape index (κ3) is 9.66. The molecule has 0 saturated heterocycles. The fourth-order valence-corrected chi connectivity index (χ4v) is 10.8. The van der Waals surface area contributed by atoms with Gasteiger partial charge in [-0.2, -0.15) is 0 Å². The minimum atomic E-state index is -0.158. The number of hydrogen-bond donors (Lipinski definition) is 8. The van der Waals surface area contributed by atoms with Crippen molar-refractivity contribution in [3.05, 3.63) is 0 Å². The van der Waals surface area contributed by atoms with Crippen LogP contribution in [0, 0.1) is 46.3 Å². The highest BCUT2D eigenvalue weighted by Crippen LogP contribution is 2.68. The molecule has 0 aliphatic heterocycles. The quantitative estimate of drug-likeness (QED) is 0.0946. The second-order valence-electron chi connectivity index (χ2n) is 16.5. The molecule has 4 fully saturated rings. The van der Waals surface area contributed by atoms with Gasteiger partial charge in [-0.05, 0) is 118 Å². The second kappa shape index (κ2) is 18.3. The Morgan fingerprint density at radius 1 is 0.783 bits per heavy atom. The number of rotatable bonds is 20. The van der Waals surface area contributed by atoms with Crippen LogP contribution in [-0.2, 0) is 4.79 Å². The second-order valence-corrected chi connectivity index (χ2v) is 16.5. The van der Waals surface area contributed by atoms with Crippen LogP contribution in [0.2, 0.25) is 0 Å². The largest absolute Gasteiger partial charge is 0.393 e. The van der Waals surface area contributed by atoms with Gasteiger partial charge in [0, 0.05) is 84.0 Å². The third-order valence-electron chi connectivity index (χ3n) is 13.2. The van der Waals surface area contributed by atoms with Crippen molar-refractivity contribution in [1.29, 1.82) is 0 Å². The van der Waals surface area contributed by atoms with Gasteiger partial charge in [-0.3, -0.25) is 4.79 Å². The molecule has 9 N–H and O–H groups in total. The van der Waals surface area contributed by atoms with Crippen molar-refractivity contribution in [2.75, 3.05) is 65.4 Å². The van der Waals surface area contributed by atoms with Gasteiger partial charge in [-0.25, -0.2) is 0 Å². The maximum atomic E-state index is 12.4. The van der Waals surface area contributed by atoms with E-state index in [1.807, 2.05) is 13.8 Å². The van der Waals surface area contributed by atoms with Crippen molar-refractivity contribution in [3.8, 4) is 0 Å². The minimum absolute atomic E-state index is 0.158. The summed E-state index contributed by atoms with van der Waals surface area (Å²) in [5.74, 6) is 3.79. The average Bonchev–Trinajstić information content (AvgIpc) is 3.37. The number of carbonyl (C=O) groups is 1. The van der Waals surface area contributed by atoms with Crippen LogP contribution in [0.3, 0.4) is 0 Å². The summed E-state index contributed by atoms with van der Waals surface area (Å²) in [6.45, 7) is 21.1. The molecule has 10 atom stereocenters. The van der Waals surface area contributed by atoms with Crippen LogP contribution in [0.4, 0.5) is 0 Å². The minimum Gasteiger partial charge on any atom is -0.393 e. The molecule has 268 valence electrons. The summed E-state index contributed by atoms with van der Waals surface area (Å²) >= 11 is 0. The van der Waals surface area contributed by atoms with Crippen molar-refractivity contribution in [3.63, 3.8) is 0 Å². The summed E-state index contributed by atoms with van der Waals surface area (Å²) in [5.41, 5.74) is 6.15. The molecule has 4 saturated carbocycles. The molecule has 0 spiro atoms. The lowest BCUT2D eigenvalue weighted by Gasteiger charge is -2.62. The van der Waals surface area contributed by atoms with Gasteiger partial charge in [0.1, 0.15) is 0 Å². The zero-order valence-electron chi connectivity index (χ0n) is 30.3. The maximum absolute atomic E-state index is 12.4. The molecule has 0 bridgehead atoms. The lowest BCUT2D eigenvalue weighted by molar-refractivity contribution is -0.167. The van der Waals surface area contributed by atoms with Crippen LogP contribution >= 0.6 is 0 Å². The Kier molecular flexibility index (Phi) is 15.1. The number of carbonyl (C=O) groups excluding carboxylic acids is 1. The summed E-state index contributed by atoms with van der Waals surface area (Å²) < 4.78 is 0. The highest BCUT2D eigenvalue weighted by molar-refractivity contribution is 5.76. The van der Waals surface area contributed by atoms with Crippen LogP contribution in [0.15, 0.2) is 0 Å². The number of aliphatic hydroxyl groups is 1. The number of fused-ring (bicyclic) bond motifs is 5. The van der Waals surface area contributed by atoms with Crippen LogP contribution in [-0.4, -0.2) is 94.6 Å². The van der Waals surface area contributed by atoms with Crippen LogP contribution in [0.5, 0.6) is 0 Å². The highest BCUT2D eigenvalue weighted by Gasteiger charge is 2.62. The lowest BCUT2D eigenvalue weighted by atomic mass is 9.43. The van der Waals surface area contributed by atoms with Gasteiger partial charge in [-0.15, -0.1) is 0 Å². The average molecular weight is 648 g/mol. The molecule has 9 nitrogen and oxygen atoms in total. The van der Waals surface area contributed by atoms with Gasteiger partial charge in [0.15, 0.2) is 0 Å². The van der Waals surface area contributed by atoms with E-state index >= 15 is 0 Å². The molecule has 4 aliphatic rings. The van der Waals surface area contributed by atoms with Gasteiger partial charge in [-0.1, -0.05) is 20.8 Å². The molecular weight excluding hydrogens is 574 g/mol. The first-order valence-electron chi connectivity index (χ1n) is 19.3. The van der Waals surface area contributed by atoms with Crippen LogP contribution < -0.4 is 37.6 Å². The van der Waals surface area contributed by atoms with E-state index in [-0.39, 0.29) is 18.1 Å². The SMILES string of the molecule is CC(C)NC(=O)CC[C@@H](C)[C@H]1CCC2C3C(CC[C@@]21C)[C@@]1(C)CC[C@H](NCCNCCNCCNCCNCCN)CC1C[C@H]3O. The van der Waals surface area contributed by atoms with E-state index in [1.54, 1.807) is 0 Å². The standard InChI is InChI=1S/C37H73N7O2/c1-26(2)44-34(46)9-6-27(3)30-7-8-31-35-32(11-13-37(30,31)5)36(4)12-10-29(24-28(36)25-33(35)45)43-23-22-42-21-20-41-19-18-40-17-16-39-15-14-38/h26-33,35,39-43,45H,6-25,38H2,1-5H3,(H,44,46)/t27-,28?,29+,30-,31?,32?,33-,35?,36+,37-/m1/s1. The van der Waals surface area contributed by atoms with Crippen molar-refractivity contribution in [2.24, 2.45) is 52.1 Å². The lowest BCUT2D eigenvalue weighted by Crippen LogP contribution is -2.59. The monoisotopic (exact) mass is 648 g/mol. The normalized spacial score (nSPS) is 36.2. The molecule has 1 amide bonds. The topological polar surface area (TPSA) is 136 Å². The zero-order chi connectivity index (χ0) is 33.2. The number of hydrogen-bond acceptors (Lipinski definition) is 8. The van der Waals surface area contributed by atoms with E-state index < -0.39 is 0 Å². The van der Waals surface area contributed by atoms with E-state index in [9.17, 15) is 9.90 Å².